The first kappa shape index (κ1) is 15.7. The third-order valence-electron chi connectivity index (χ3n) is 4.40. The van der Waals surface area contributed by atoms with E-state index >= 15 is 0 Å². The third kappa shape index (κ3) is 2.76. The van der Waals surface area contributed by atoms with Crippen LogP contribution in [0.1, 0.15) is 37.7 Å². The molecule has 1 aromatic rings. The van der Waals surface area contributed by atoms with Crippen LogP contribution in [0.5, 0.6) is 0 Å². The summed E-state index contributed by atoms with van der Waals surface area (Å²) in [4.78, 5) is 0.466. The van der Waals surface area contributed by atoms with Crippen molar-refractivity contribution >= 4 is 46.8 Å². The molecule has 0 bridgehead atoms. The molecule has 6 heteroatoms. The van der Waals surface area contributed by atoms with Gasteiger partial charge in [0.2, 0.25) is 10.0 Å². The monoisotopic (exact) mass is 433 g/mol. The Labute approximate surface area is 142 Å². The van der Waals surface area contributed by atoms with Gasteiger partial charge in [-0.3, -0.25) is 0 Å². The van der Waals surface area contributed by atoms with Crippen LogP contribution in [0, 0.1) is 0 Å². The number of hydrogen-bond donors (Lipinski definition) is 1. The average molecular weight is 435 g/mol. The van der Waals surface area contributed by atoms with E-state index in [-0.39, 0.29) is 5.54 Å². The van der Waals surface area contributed by atoms with Crippen molar-refractivity contribution in [2.24, 2.45) is 0 Å². The lowest BCUT2D eigenvalue weighted by Crippen LogP contribution is -2.46. The first-order valence-corrected chi connectivity index (χ1v) is 10.5. The lowest BCUT2D eigenvalue weighted by molar-refractivity contribution is 0.322. The van der Waals surface area contributed by atoms with Crippen LogP contribution in [0.2, 0.25) is 0 Å². The maximum Gasteiger partial charge on any atom is 0.242 e. The number of rotatable bonds is 2. The molecule has 1 heterocycles. The topological polar surface area (TPSA) is 46.2 Å². The number of hydrogen-bond acceptors (Lipinski definition) is 2. The van der Waals surface area contributed by atoms with Crippen LogP contribution in [0.25, 0.3) is 4.91 Å². The molecule has 0 saturated heterocycles. The van der Waals surface area contributed by atoms with Crippen molar-refractivity contribution in [2.45, 2.75) is 37.6 Å². The maximum absolute atomic E-state index is 12.7. The minimum Gasteiger partial charge on any atom is -0.207 e. The Balaban J connectivity index is 2.17. The van der Waals surface area contributed by atoms with Crippen LogP contribution in [0.15, 0.2) is 34.3 Å². The Kier molecular flexibility index (Phi) is 4.34. The van der Waals surface area contributed by atoms with E-state index in [1.54, 1.807) is 0 Å². The van der Waals surface area contributed by atoms with Crippen molar-refractivity contribution in [3.8, 4) is 0 Å². The van der Waals surface area contributed by atoms with Crippen LogP contribution < -0.4 is 4.72 Å². The van der Waals surface area contributed by atoms with Gasteiger partial charge in [0.05, 0.1) is 10.4 Å². The molecule has 0 aromatic heterocycles. The highest BCUT2D eigenvalue weighted by Gasteiger charge is 2.48. The summed E-state index contributed by atoms with van der Waals surface area (Å²) in [6, 6.07) is 7.50. The summed E-state index contributed by atoms with van der Waals surface area (Å²) in [7, 11) is -3.44. The lowest BCUT2D eigenvalue weighted by Gasteiger charge is -2.34. The minimum absolute atomic E-state index is 0.372. The highest BCUT2D eigenvalue weighted by Crippen LogP contribution is 2.46. The Morgan fingerprint density at radius 2 is 1.71 bits per heavy atom. The quantitative estimate of drug-likeness (QED) is 0.709. The van der Waals surface area contributed by atoms with Crippen LogP contribution in [-0.2, 0) is 10.0 Å². The fraction of sp³-hybridized carbons (Fsp3) is 0.467. The predicted octanol–water partition coefficient (Wildman–Crippen LogP) is 4.19. The van der Waals surface area contributed by atoms with E-state index in [1.165, 1.54) is 6.42 Å². The number of sulfonamides is 1. The van der Waals surface area contributed by atoms with Crippen molar-refractivity contribution in [2.75, 3.05) is 5.33 Å². The van der Waals surface area contributed by atoms with Gasteiger partial charge in [-0.15, -0.1) is 0 Å². The molecule has 21 heavy (non-hydrogen) atoms. The second-order valence-electron chi connectivity index (χ2n) is 5.70. The number of halogens is 2. The van der Waals surface area contributed by atoms with Crippen LogP contribution in [0.4, 0.5) is 0 Å². The van der Waals surface area contributed by atoms with Gasteiger partial charge in [-0.2, -0.15) is 0 Å². The highest BCUT2D eigenvalue weighted by atomic mass is 79.9. The zero-order valence-corrected chi connectivity index (χ0v) is 15.5. The van der Waals surface area contributed by atoms with Gasteiger partial charge < -0.3 is 0 Å². The first-order chi connectivity index (χ1) is 9.98. The number of alkyl halides is 1. The smallest absolute Gasteiger partial charge is 0.207 e. The molecule has 0 atom stereocenters. The summed E-state index contributed by atoms with van der Waals surface area (Å²) < 4.78 is 29.3. The summed E-state index contributed by atoms with van der Waals surface area (Å²) in [5.41, 5.74) is 1.38. The van der Waals surface area contributed by atoms with Crippen molar-refractivity contribution < 1.29 is 8.42 Å². The summed E-state index contributed by atoms with van der Waals surface area (Å²) >= 11 is 6.91. The van der Waals surface area contributed by atoms with E-state index in [4.69, 9.17) is 0 Å². The highest BCUT2D eigenvalue weighted by molar-refractivity contribution is 9.10. The third-order valence-corrected chi connectivity index (χ3v) is 7.17. The van der Waals surface area contributed by atoms with E-state index in [0.717, 1.165) is 41.3 Å². The first-order valence-electron chi connectivity index (χ1n) is 7.08. The minimum atomic E-state index is -3.44. The SMILES string of the molecule is O=S1(=O)NC2(CCCCC2)C(CBr)=C1c1ccc(Br)cc1. The molecular weight excluding hydrogens is 418 g/mol. The van der Waals surface area contributed by atoms with Crippen molar-refractivity contribution in [3.05, 3.63) is 39.9 Å². The molecule has 0 radical (unpaired) electrons. The summed E-state index contributed by atoms with van der Waals surface area (Å²) in [6.45, 7) is 0. The van der Waals surface area contributed by atoms with Crippen LogP contribution in [-0.4, -0.2) is 19.3 Å². The zero-order chi connectivity index (χ0) is 15.1. The molecule has 0 unspecified atom stereocenters. The molecule has 1 aliphatic heterocycles. The molecule has 1 aliphatic carbocycles. The average Bonchev–Trinajstić information content (AvgIpc) is 2.67. The van der Waals surface area contributed by atoms with E-state index in [1.807, 2.05) is 24.3 Å². The van der Waals surface area contributed by atoms with Crippen molar-refractivity contribution in [1.82, 2.24) is 4.72 Å². The second kappa shape index (κ2) is 5.80. The van der Waals surface area contributed by atoms with Gasteiger partial charge in [-0.1, -0.05) is 63.3 Å². The number of benzene rings is 1. The molecule has 1 fully saturated rings. The van der Waals surface area contributed by atoms with Crippen molar-refractivity contribution in [3.63, 3.8) is 0 Å². The fourth-order valence-electron chi connectivity index (χ4n) is 3.43. The molecule has 2 aliphatic rings. The van der Waals surface area contributed by atoms with E-state index in [9.17, 15) is 8.42 Å². The number of nitrogens with one attached hydrogen (secondary N) is 1. The fourth-order valence-corrected chi connectivity index (χ4v) is 6.68. The van der Waals surface area contributed by atoms with Gasteiger partial charge >= 0.3 is 0 Å². The van der Waals surface area contributed by atoms with E-state index in [0.29, 0.717) is 10.2 Å². The van der Waals surface area contributed by atoms with E-state index < -0.39 is 10.0 Å². The van der Waals surface area contributed by atoms with Gasteiger partial charge in [0.1, 0.15) is 0 Å². The molecule has 3 nitrogen and oxygen atoms in total. The summed E-state index contributed by atoms with van der Waals surface area (Å²) in [5.74, 6) is 0. The Morgan fingerprint density at radius 3 is 2.29 bits per heavy atom. The Morgan fingerprint density at radius 1 is 1.10 bits per heavy atom. The largest absolute Gasteiger partial charge is 0.242 e. The lowest BCUT2D eigenvalue weighted by atomic mass is 9.77. The summed E-state index contributed by atoms with van der Waals surface area (Å²) in [5, 5.41) is 0.588. The molecule has 1 N–H and O–H groups in total. The predicted molar refractivity (Wildman–Crippen MR) is 92.7 cm³/mol. The molecular formula is C15H17Br2NO2S. The Hall–Kier alpha value is -0.170. The molecule has 3 rings (SSSR count). The maximum atomic E-state index is 12.7. The van der Waals surface area contributed by atoms with Gasteiger partial charge in [-0.05, 0) is 36.1 Å². The summed E-state index contributed by atoms with van der Waals surface area (Å²) in [6.07, 6.45) is 5.13. The molecule has 1 saturated carbocycles. The van der Waals surface area contributed by atoms with Crippen molar-refractivity contribution in [1.29, 1.82) is 0 Å². The molecule has 0 amide bonds. The van der Waals surface area contributed by atoms with E-state index in [2.05, 4.69) is 36.6 Å². The molecule has 1 spiro atoms. The van der Waals surface area contributed by atoms with Gasteiger partial charge in [0.15, 0.2) is 0 Å². The molecule has 1 aromatic carbocycles. The van der Waals surface area contributed by atoms with Crippen LogP contribution in [0.3, 0.4) is 0 Å². The standard InChI is InChI=1S/C15H17Br2NO2S/c16-10-13-14(11-4-6-12(17)7-5-11)21(19,20)18-15(13)8-2-1-3-9-15/h4-7,18H,1-3,8-10H2. The van der Waals surface area contributed by atoms with Crippen LogP contribution >= 0.6 is 31.9 Å². The Bertz CT molecular complexity index is 674. The van der Waals surface area contributed by atoms with Gasteiger partial charge in [0, 0.05) is 9.80 Å². The second-order valence-corrected chi connectivity index (χ2v) is 8.79. The van der Waals surface area contributed by atoms with Gasteiger partial charge in [-0.25, -0.2) is 13.1 Å². The molecule has 114 valence electrons. The zero-order valence-electron chi connectivity index (χ0n) is 11.5. The van der Waals surface area contributed by atoms with Gasteiger partial charge in [0.25, 0.3) is 0 Å². The normalized spacial score (nSPS) is 23.7.